The topological polar surface area (TPSA) is 87.1 Å². The lowest BCUT2D eigenvalue weighted by Crippen LogP contribution is -2.40. The van der Waals surface area contributed by atoms with E-state index < -0.39 is 11.6 Å². The monoisotopic (exact) mass is 334 g/mol. The summed E-state index contributed by atoms with van der Waals surface area (Å²) in [5, 5.41) is 19.4. The number of nitrogens with one attached hydrogen (secondary N) is 2. The average molecular weight is 334 g/mol. The van der Waals surface area contributed by atoms with Crippen molar-refractivity contribution < 1.29 is 9.90 Å². The predicted octanol–water partition coefficient (Wildman–Crippen LogP) is 2.86. The van der Waals surface area contributed by atoms with E-state index in [4.69, 9.17) is 0 Å². The zero-order valence-electron chi connectivity index (χ0n) is 13.8. The fourth-order valence-corrected chi connectivity index (χ4v) is 2.66. The fourth-order valence-electron chi connectivity index (χ4n) is 1.88. The van der Waals surface area contributed by atoms with E-state index in [1.165, 1.54) is 11.3 Å². The first-order chi connectivity index (χ1) is 10.7. The number of hydrogen-bond acceptors (Lipinski definition) is 5. The number of amides is 2. The van der Waals surface area contributed by atoms with Crippen LogP contribution in [0.4, 0.5) is 10.5 Å². The molecule has 2 rings (SSSR count). The number of aliphatic hydroxyl groups is 1. The molecule has 7 heteroatoms. The van der Waals surface area contributed by atoms with E-state index in [1.54, 1.807) is 19.3 Å². The summed E-state index contributed by atoms with van der Waals surface area (Å²) in [6.45, 7) is 7.84. The van der Waals surface area contributed by atoms with Crippen LogP contribution >= 0.6 is 11.3 Å². The Bertz CT molecular complexity index is 646. The van der Waals surface area contributed by atoms with Gasteiger partial charge in [-0.3, -0.25) is 0 Å². The van der Waals surface area contributed by atoms with Crippen LogP contribution in [0.5, 0.6) is 0 Å². The Hall–Kier alpha value is -1.99. The van der Waals surface area contributed by atoms with Crippen molar-refractivity contribution in [3.8, 4) is 0 Å². The molecule has 2 aromatic rings. The molecular weight excluding hydrogens is 312 g/mol. The van der Waals surface area contributed by atoms with E-state index in [0.717, 1.165) is 5.56 Å². The molecule has 0 saturated carbocycles. The summed E-state index contributed by atoms with van der Waals surface area (Å²) < 4.78 is 0. The summed E-state index contributed by atoms with van der Waals surface area (Å²) in [6, 6.07) is 1.43. The standard InChI is InChI=1S/C16H22N4O2S/c1-15(2,3)13-17-7-12(8-18-13)20-14(21)19-10-16(4,22)11-5-6-23-9-11/h5-9,22H,10H2,1-4H3,(H2,19,20,21)/t16-/m0/s1. The molecule has 0 bridgehead atoms. The van der Waals surface area contributed by atoms with E-state index >= 15 is 0 Å². The van der Waals surface area contributed by atoms with Gasteiger partial charge in [-0.2, -0.15) is 11.3 Å². The Labute approximate surface area is 140 Å². The van der Waals surface area contributed by atoms with Gasteiger partial charge in [-0.05, 0) is 29.3 Å². The van der Waals surface area contributed by atoms with Crippen LogP contribution in [-0.4, -0.2) is 27.7 Å². The fraction of sp³-hybridized carbons (Fsp3) is 0.438. The van der Waals surface area contributed by atoms with Crippen LogP contribution in [0, 0.1) is 0 Å². The maximum atomic E-state index is 11.9. The summed E-state index contributed by atoms with van der Waals surface area (Å²) in [4.78, 5) is 20.4. The highest BCUT2D eigenvalue weighted by Crippen LogP contribution is 2.22. The highest BCUT2D eigenvalue weighted by Gasteiger charge is 2.24. The predicted molar refractivity (Wildman–Crippen MR) is 91.6 cm³/mol. The van der Waals surface area contributed by atoms with Gasteiger partial charge in [-0.15, -0.1) is 0 Å². The number of carbonyl (C=O) groups is 1. The molecule has 2 heterocycles. The number of nitrogens with zero attached hydrogens (tertiary/aromatic N) is 2. The maximum absolute atomic E-state index is 11.9. The van der Waals surface area contributed by atoms with Gasteiger partial charge in [0.2, 0.25) is 0 Å². The molecule has 2 aromatic heterocycles. The SMILES string of the molecule is CC(C)(C)c1ncc(NC(=O)NC[C@](C)(O)c2ccsc2)cn1. The molecule has 1 atom stereocenters. The summed E-state index contributed by atoms with van der Waals surface area (Å²) in [5.74, 6) is 0.712. The number of rotatable bonds is 4. The lowest BCUT2D eigenvalue weighted by molar-refractivity contribution is 0.0604. The van der Waals surface area contributed by atoms with E-state index in [2.05, 4.69) is 20.6 Å². The van der Waals surface area contributed by atoms with Crippen molar-refractivity contribution in [3.63, 3.8) is 0 Å². The van der Waals surface area contributed by atoms with E-state index in [-0.39, 0.29) is 12.0 Å². The number of aromatic nitrogens is 2. The maximum Gasteiger partial charge on any atom is 0.319 e. The molecule has 0 spiro atoms. The van der Waals surface area contributed by atoms with Gasteiger partial charge < -0.3 is 15.7 Å². The number of anilines is 1. The van der Waals surface area contributed by atoms with E-state index in [1.807, 2.05) is 37.6 Å². The second-order valence-corrected chi connectivity index (χ2v) is 7.42. The van der Waals surface area contributed by atoms with Crippen molar-refractivity contribution in [2.75, 3.05) is 11.9 Å². The van der Waals surface area contributed by atoms with Crippen LogP contribution < -0.4 is 10.6 Å². The van der Waals surface area contributed by atoms with Gasteiger partial charge >= 0.3 is 6.03 Å². The molecule has 6 nitrogen and oxygen atoms in total. The van der Waals surface area contributed by atoms with Gasteiger partial charge in [0.05, 0.1) is 24.6 Å². The quantitative estimate of drug-likeness (QED) is 0.802. The highest BCUT2D eigenvalue weighted by atomic mass is 32.1. The largest absolute Gasteiger partial charge is 0.384 e. The zero-order chi connectivity index (χ0) is 17.1. The molecule has 0 aliphatic rings. The van der Waals surface area contributed by atoms with Crippen molar-refractivity contribution in [2.45, 2.75) is 38.7 Å². The summed E-state index contributed by atoms with van der Waals surface area (Å²) in [5.41, 5.74) is 0.0376. The molecule has 2 amide bonds. The Morgan fingerprint density at radius 2 is 1.91 bits per heavy atom. The molecular formula is C16H22N4O2S. The second-order valence-electron chi connectivity index (χ2n) is 6.64. The Kier molecular flexibility index (Phi) is 5.01. The molecule has 23 heavy (non-hydrogen) atoms. The first-order valence-electron chi connectivity index (χ1n) is 7.31. The summed E-state index contributed by atoms with van der Waals surface area (Å²) >= 11 is 1.50. The van der Waals surface area contributed by atoms with Crippen LogP contribution in [0.15, 0.2) is 29.2 Å². The molecule has 0 aromatic carbocycles. The van der Waals surface area contributed by atoms with Crippen LogP contribution in [0.25, 0.3) is 0 Å². The molecule has 0 radical (unpaired) electrons. The number of hydrogen-bond donors (Lipinski definition) is 3. The van der Waals surface area contributed by atoms with Crippen LogP contribution in [0.2, 0.25) is 0 Å². The van der Waals surface area contributed by atoms with Gasteiger partial charge in [0.25, 0.3) is 0 Å². The Balaban J connectivity index is 1.90. The minimum absolute atomic E-state index is 0.108. The van der Waals surface area contributed by atoms with Crippen molar-refractivity contribution >= 4 is 23.1 Å². The van der Waals surface area contributed by atoms with Gasteiger partial charge in [0, 0.05) is 5.41 Å². The average Bonchev–Trinajstić information content (AvgIpc) is 3.00. The number of carbonyl (C=O) groups excluding carboxylic acids is 1. The van der Waals surface area contributed by atoms with E-state index in [9.17, 15) is 9.90 Å². The van der Waals surface area contributed by atoms with Crippen molar-refractivity contribution in [1.82, 2.24) is 15.3 Å². The van der Waals surface area contributed by atoms with Crippen molar-refractivity contribution in [2.24, 2.45) is 0 Å². The third kappa shape index (κ3) is 4.74. The van der Waals surface area contributed by atoms with Crippen LogP contribution in [0.3, 0.4) is 0 Å². The Morgan fingerprint density at radius 1 is 1.26 bits per heavy atom. The first-order valence-corrected chi connectivity index (χ1v) is 8.25. The van der Waals surface area contributed by atoms with Crippen LogP contribution in [-0.2, 0) is 11.0 Å². The molecule has 0 fully saturated rings. The lowest BCUT2D eigenvalue weighted by Gasteiger charge is -2.23. The molecule has 0 saturated heterocycles. The van der Waals surface area contributed by atoms with Gasteiger partial charge in [-0.1, -0.05) is 20.8 Å². The minimum Gasteiger partial charge on any atom is -0.384 e. The third-order valence-corrected chi connectivity index (χ3v) is 4.00. The number of thiophene rings is 1. The Morgan fingerprint density at radius 3 is 2.43 bits per heavy atom. The zero-order valence-corrected chi connectivity index (χ0v) is 14.6. The van der Waals surface area contributed by atoms with Crippen molar-refractivity contribution in [1.29, 1.82) is 0 Å². The van der Waals surface area contributed by atoms with Crippen molar-refractivity contribution in [3.05, 3.63) is 40.6 Å². The van der Waals surface area contributed by atoms with Gasteiger partial charge in [-0.25, -0.2) is 14.8 Å². The third-order valence-electron chi connectivity index (χ3n) is 3.32. The molecule has 3 N–H and O–H groups in total. The van der Waals surface area contributed by atoms with Gasteiger partial charge in [0.15, 0.2) is 0 Å². The summed E-state index contributed by atoms with van der Waals surface area (Å²) in [6.07, 6.45) is 3.15. The normalized spacial score (nSPS) is 14.1. The van der Waals surface area contributed by atoms with Gasteiger partial charge in [0.1, 0.15) is 11.4 Å². The molecule has 0 aliphatic carbocycles. The first kappa shape index (κ1) is 17.4. The lowest BCUT2D eigenvalue weighted by atomic mass is 9.96. The summed E-state index contributed by atoms with van der Waals surface area (Å²) in [7, 11) is 0. The van der Waals surface area contributed by atoms with E-state index in [0.29, 0.717) is 11.5 Å². The number of urea groups is 1. The molecule has 124 valence electrons. The smallest absolute Gasteiger partial charge is 0.319 e. The molecule has 0 aliphatic heterocycles. The molecule has 0 unspecified atom stereocenters. The highest BCUT2D eigenvalue weighted by molar-refractivity contribution is 7.08. The minimum atomic E-state index is -1.11. The second kappa shape index (κ2) is 6.64. The van der Waals surface area contributed by atoms with Crippen LogP contribution in [0.1, 0.15) is 39.1 Å².